The van der Waals surface area contributed by atoms with Gasteiger partial charge in [0.15, 0.2) is 5.78 Å². The van der Waals surface area contributed by atoms with Crippen molar-refractivity contribution in [2.45, 2.75) is 44.9 Å². The summed E-state index contributed by atoms with van der Waals surface area (Å²) < 4.78 is 11.2. The van der Waals surface area contributed by atoms with Crippen molar-refractivity contribution in [1.82, 2.24) is 5.32 Å². The van der Waals surface area contributed by atoms with Gasteiger partial charge in [-0.1, -0.05) is 36.7 Å². The van der Waals surface area contributed by atoms with E-state index in [9.17, 15) is 4.79 Å². The van der Waals surface area contributed by atoms with Gasteiger partial charge >= 0.3 is 0 Å². The Morgan fingerprint density at radius 2 is 2.00 bits per heavy atom. The quantitative estimate of drug-likeness (QED) is 0.664. The maximum absolute atomic E-state index is 12.2. The van der Waals surface area contributed by atoms with Gasteiger partial charge in [-0.15, -0.1) is 0 Å². The number of methoxy groups -OCH3 is 1. The predicted molar refractivity (Wildman–Crippen MR) is 119 cm³/mol. The van der Waals surface area contributed by atoms with E-state index >= 15 is 0 Å². The van der Waals surface area contributed by atoms with Crippen LogP contribution in [0.15, 0.2) is 54.1 Å². The van der Waals surface area contributed by atoms with Crippen molar-refractivity contribution in [3.05, 3.63) is 75.8 Å². The number of fused-ring (bicyclic) bond motifs is 2. The molecule has 158 valence electrons. The summed E-state index contributed by atoms with van der Waals surface area (Å²) >= 11 is 6.20. The zero-order valence-corrected chi connectivity index (χ0v) is 18.3. The molecule has 5 heteroatoms. The molecule has 0 radical (unpaired) electrons. The van der Waals surface area contributed by atoms with E-state index in [2.05, 4.69) is 18.3 Å². The molecule has 1 aliphatic carbocycles. The SMILES string of the molecule is COc1ccc(COCC(C)CC2=CC(=O)CCC23NCc2cc(Cl)ccc23)cc1. The highest BCUT2D eigenvalue weighted by Gasteiger charge is 2.43. The van der Waals surface area contributed by atoms with Crippen LogP contribution in [-0.2, 0) is 28.2 Å². The monoisotopic (exact) mass is 425 g/mol. The average Bonchev–Trinajstić information content (AvgIpc) is 3.10. The Morgan fingerprint density at radius 1 is 1.20 bits per heavy atom. The summed E-state index contributed by atoms with van der Waals surface area (Å²) in [6, 6.07) is 14.0. The first-order valence-corrected chi connectivity index (χ1v) is 10.9. The van der Waals surface area contributed by atoms with Gasteiger partial charge in [0.2, 0.25) is 0 Å². The van der Waals surface area contributed by atoms with Crippen LogP contribution in [0.3, 0.4) is 0 Å². The molecule has 1 spiro atoms. The molecule has 2 aromatic carbocycles. The van der Waals surface area contributed by atoms with Gasteiger partial charge in [-0.3, -0.25) is 10.1 Å². The van der Waals surface area contributed by atoms with Crippen molar-refractivity contribution in [3.63, 3.8) is 0 Å². The molecule has 0 fully saturated rings. The molecule has 2 aliphatic rings. The number of benzene rings is 2. The number of halogens is 1. The van der Waals surface area contributed by atoms with Crippen LogP contribution < -0.4 is 10.1 Å². The lowest BCUT2D eigenvalue weighted by Gasteiger charge is -2.37. The zero-order chi connectivity index (χ0) is 21.1. The van der Waals surface area contributed by atoms with E-state index < -0.39 is 0 Å². The van der Waals surface area contributed by atoms with E-state index in [0.717, 1.165) is 35.7 Å². The molecule has 0 saturated carbocycles. The van der Waals surface area contributed by atoms with Gasteiger partial charge in [-0.05, 0) is 71.4 Å². The smallest absolute Gasteiger partial charge is 0.155 e. The molecule has 2 aromatic rings. The van der Waals surface area contributed by atoms with E-state index in [1.54, 1.807) is 7.11 Å². The number of allylic oxidation sites excluding steroid dienone is 1. The lowest BCUT2D eigenvalue weighted by atomic mass is 9.73. The first-order chi connectivity index (χ1) is 14.5. The fraction of sp³-hybridized carbons (Fsp3) is 0.400. The highest BCUT2D eigenvalue weighted by molar-refractivity contribution is 6.30. The lowest BCUT2D eigenvalue weighted by molar-refractivity contribution is -0.115. The normalized spacial score (nSPS) is 21.4. The summed E-state index contributed by atoms with van der Waals surface area (Å²) in [7, 11) is 1.66. The Morgan fingerprint density at radius 3 is 2.77 bits per heavy atom. The van der Waals surface area contributed by atoms with Gasteiger partial charge in [0.05, 0.1) is 19.3 Å². The van der Waals surface area contributed by atoms with Crippen LogP contribution in [0.2, 0.25) is 5.02 Å². The van der Waals surface area contributed by atoms with Crippen molar-refractivity contribution in [2.75, 3.05) is 13.7 Å². The first-order valence-electron chi connectivity index (χ1n) is 10.5. The summed E-state index contributed by atoms with van der Waals surface area (Å²) in [6.07, 6.45) is 4.05. The number of nitrogens with one attached hydrogen (secondary N) is 1. The second-order valence-corrected chi connectivity index (χ2v) is 8.81. The Bertz CT molecular complexity index is 953. The minimum Gasteiger partial charge on any atom is -0.497 e. The van der Waals surface area contributed by atoms with Crippen LogP contribution in [0.1, 0.15) is 42.9 Å². The molecule has 1 aliphatic heterocycles. The first kappa shape index (κ1) is 21.1. The molecule has 2 unspecified atom stereocenters. The number of carbonyl (C=O) groups is 1. The van der Waals surface area contributed by atoms with Gasteiger partial charge in [-0.2, -0.15) is 0 Å². The molecule has 2 atom stereocenters. The number of ketones is 1. The minimum atomic E-state index is -0.252. The van der Waals surface area contributed by atoms with Gasteiger partial charge in [0, 0.05) is 24.6 Å². The molecule has 1 heterocycles. The Balaban J connectivity index is 1.42. The fourth-order valence-corrected chi connectivity index (χ4v) is 4.80. The minimum absolute atomic E-state index is 0.214. The molecule has 1 N–H and O–H groups in total. The molecule has 0 aromatic heterocycles. The molecular formula is C25H28ClNO3. The van der Waals surface area contributed by atoms with Crippen molar-refractivity contribution in [2.24, 2.45) is 5.92 Å². The van der Waals surface area contributed by atoms with Crippen LogP contribution in [0.25, 0.3) is 0 Å². The van der Waals surface area contributed by atoms with Crippen molar-refractivity contribution < 1.29 is 14.3 Å². The van der Waals surface area contributed by atoms with Crippen molar-refractivity contribution in [1.29, 1.82) is 0 Å². The lowest BCUT2D eigenvalue weighted by Crippen LogP contribution is -2.42. The van der Waals surface area contributed by atoms with E-state index in [-0.39, 0.29) is 11.3 Å². The summed E-state index contributed by atoms with van der Waals surface area (Å²) in [5, 5.41) is 4.46. The molecule has 0 bridgehead atoms. The Hall–Kier alpha value is -2.14. The van der Waals surface area contributed by atoms with Crippen LogP contribution in [-0.4, -0.2) is 19.5 Å². The number of hydrogen-bond donors (Lipinski definition) is 1. The predicted octanol–water partition coefficient (Wildman–Crippen LogP) is 5.18. The Kier molecular flexibility index (Phi) is 6.28. The van der Waals surface area contributed by atoms with Crippen LogP contribution in [0.5, 0.6) is 5.75 Å². The second kappa shape index (κ2) is 8.93. The van der Waals surface area contributed by atoms with Crippen LogP contribution in [0, 0.1) is 5.92 Å². The highest BCUT2D eigenvalue weighted by Crippen LogP contribution is 2.45. The van der Waals surface area contributed by atoms with Crippen molar-refractivity contribution >= 4 is 17.4 Å². The number of hydrogen-bond acceptors (Lipinski definition) is 4. The maximum atomic E-state index is 12.2. The standard InChI is InChI=1S/C25H28ClNO3/c1-17(15-30-16-18-3-6-23(29-2)7-4-18)11-20-13-22(28)9-10-25(20)24-8-5-21(26)12-19(24)14-27-25/h3-8,12-13,17,27H,9-11,14-16H2,1-2H3. The third-order valence-corrected chi connectivity index (χ3v) is 6.37. The third kappa shape index (κ3) is 4.31. The van der Waals surface area contributed by atoms with E-state index in [1.165, 1.54) is 16.7 Å². The fourth-order valence-electron chi connectivity index (χ4n) is 4.60. The van der Waals surface area contributed by atoms with Crippen LogP contribution in [0.4, 0.5) is 0 Å². The molecule has 30 heavy (non-hydrogen) atoms. The van der Waals surface area contributed by atoms with Crippen LogP contribution >= 0.6 is 11.6 Å². The molecule has 0 amide bonds. The summed E-state index contributed by atoms with van der Waals surface area (Å²) in [5.41, 5.74) is 4.52. The van der Waals surface area contributed by atoms with E-state index in [4.69, 9.17) is 21.1 Å². The molecular weight excluding hydrogens is 398 g/mol. The van der Waals surface area contributed by atoms with Gasteiger partial charge < -0.3 is 9.47 Å². The van der Waals surface area contributed by atoms with Gasteiger partial charge in [0.1, 0.15) is 5.75 Å². The largest absolute Gasteiger partial charge is 0.497 e. The van der Waals surface area contributed by atoms with Gasteiger partial charge in [0.25, 0.3) is 0 Å². The zero-order valence-electron chi connectivity index (χ0n) is 17.5. The number of rotatable bonds is 7. The summed E-state index contributed by atoms with van der Waals surface area (Å²) in [5.74, 6) is 1.36. The number of ether oxygens (including phenoxy) is 2. The Labute approximate surface area is 183 Å². The summed E-state index contributed by atoms with van der Waals surface area (Å²) in [6.45, 7) is 4.17. The molecule has 4 rings (SSSR count). The van der Waals surface area contributed by atoms with Crippen molar-refractivity contribution in [3.8, 4) is 5.75 Å². The molecule has 4 nitrogen and oxygen atoms in total. The summed E-state index contributed by atoms with van der Waals surface area (Å²) in [4.78, 5) is 12.2. The molecule has 0 saturated heterocycles. The van der Waals surface area contributed by atoms with E-state index in [1.807, 2.05) is 42.5 Å². The van der Waals surface area contributed by atoms with Gasteiger partial charge in [-0.25, -0.2) is 0 Å². The number of carbonyl (C=O) groups excluding carboxylic acids is 1. The highest BCUT2D eigenvalue weighted by atomic mass is 35.5. The maximum Gasteiger partial charge on any atom is 0.155 e. The topological polar surface area (TPSA) is 47.6 Å². The average molecular weight is 426 g/mol. The van der Waals surface area contributed by atoms with E-state index in [0.29, 0.717) is 25.6 Å². The second-order valence-electron chi connectivity index (χ2n) is 8.37. The third-order valence-electron chi connectivity index (χ3n) is 6.14.